The lowest BCUT2D eigenvalue weighted by Gasteiger charge is -2.18. The van der Waals surface area contributed by atoms with Crippen LogP contribution in [0.2, 0.25) is 0 Å². The van der Waals surface area contributed by atoms with E-state index in [2.05, 4.69) is 10.4 Å². The molecular formula is C22H23N3O3S. The molecule has 29 heavy (non-hydrogen) atoms. The first kappa shape index (κ1) is 19.4. The van der Waals surface area contributed by atoms with Crippen molar-refractivity contribution in [2.24, 2.45) is 0 Å². The molecule has 0 unspecified atom stereocenters. The molecule has 0 fully saturated rings. The summed E-state index contributed by atoms with van der Waals surface area (Å²) in [4.78, 5) is 13.3. The van der Waals surface area contributed by atoms with Crippen molar-refractivity contribution < 1.29 is 14.3 Å². The van der Waals surface area contributed by atoms with E-state index in [4.69, 9.17) is 9.47 Å². The molecule has 0 spiro atoms. The van der Waals surface area contributed by atoms with Gasteiger partial charge in [-0.15, -0.1) is 11.8 Å². The Labute approximate surface area is 174 Å². The van der Waals surface area contributed by atoms with Gasteiger partial charge in [0.15, 0.2) is 11.5 Å². The lowest BCUT2D eigenvalue weighted by Crippen LogP contribution is -2.25. The summed E-state index contributed by atoms with van der Waals surface area (Å²) in [5.74, 6) is 1.81. The summed E-state index contributed by atoms with van der Waals surface area (Å²) in [5.41, 5.74) is 4.02. The van der Waals surface area contributed by atoms with Crippen LogP contribution < -0.4 is 14.8 Å². The minimum Gasteiger partial charge on any atom is -0.486 e. The fourth-order valence-electron chi connectivity index (χ4n) is 3.25. The predicted octanol–water partition coefficient (Wildman–Crippen LogP) is 3.67. The van der Waals surface area contributed by atoms with E-state index in [1.54, 1.807) is 0 Å². The van der Waals surface area contributed by atoms with E-state index in [0.717, 1.165) is 39.0 Å². The monoisotopic (exact) mass is 409 g/mol. The minimum absolute atomic E-state index is 0.0175. The van der Waals surface area contributed by atoms with Gasteiger partial charge in [-0.05, 0) is 44.2 Å². The molecule has 0 bridgehead atoms. The van der Waals surface area contributed by atoms with Crippen LogP contribution in [0.25, 0.3) is 5.69 Å². The Morgan fingerprint density at radius 1 is 1.10 bits per heavy atom. The summed E-state index contributed by atoms with van der Waals surface area (Å²) in [6.07, 6.45) is 0. The smallest absolute Gasteiger partial charge is 0.230 e. The van der Waals surface area contributed by atoms with E-state index in [9.17, 15) is 4.79 Å². The summed E-state index contributed by atoms with van der Waals surface area (Å²) in [5, 5.41) is 7.64. The van der Waals surface area contributed by atoms with Crippen LogP contribution in [-0.4, -0.2) is 34.7 Å². The molecule has 3 aromatic rings. The van der Waals surface area contributed by atoms with Gasteiger partial charge in [0.25, 0.3) is 0 Å². The van der Waals surface area contributed by atoms with Gasteiger partial charge in [0.1, 0.15) is 13.2 Å². The van der Waals surface area contributed by atoms with Gasteiger partial charge >= 0.3 is 0 Å². The van der Waals surface area contributed by atoms with Crippen LogP contribution >= 0.6 is 11.8 Å². The minimum atomic E-state index is -0.0175. The van der Waals surface area contributed by atoms with E-state index < -0.39 is 0 Å². The van der Waals surface area contributed by atoms with Gasteiger partial charge in [0.05, 0.1) is 17.1 Å². The number of ether oxygens (including phenoxy) is 2. The largest absolute Gasteiger partial charge is 0.486 e. The normalized spacial score (nSPS) is 12.6. The fourth-order valence-corrected chi connectivity index (χ4v) is 4.01. The van der Waals surface area contributed by atoms with Crippen molar-refractivity contribution in [3.05, 3.63) is 65.5 Å². The Balaban J connectivity index is 1.35. The molecule has 0 saturated carbocycles. The molecule has 0 saturated heterocycles. The lowest BCUT2D eigenvalue weighted by molar-refractivity contribution is -0.118. The number of para-hydroxylation sites is 1. The Morgan fingerprint density at radius 2 is 1.86 bits per heavy atom. The number of hydrogen-bond acceptors (Lipinski definition) is 5. The molecule has 1 N–H and O–H groups in total. The third kappa shape index (κ3) is 4.40. The molecular weight excluding hydrogens is 386 g/mol. The zero-order valence-electron chi connectivity index (χ0n) is 16.5. The Bertz CT molecular complexity index is 1020. The summed E-state index contributed by atoms with van der Waals surface area (Å²) < 4.78 is 13.0. The molecule has 0 atom stereocenters. The van der Waals surface area contributed by atoms with Crippen LogP contribution in [-0.2, 0) is 11.3 Å². The predicted molar refractivity (Wildman–Crippen MR) is 113 cm³/mol. The Kier molecular flexibility index (Phi) is 5.76. The van der Waals surface area contributed by atoms with E-state index in [1.807, 2.05) is 67.1 Å². The molecule has 1 amide bonds. The summed E-state index contributed by atoms with van der Waals surface area (Å²) in [6, 6.07) is 15.8. The number of nitrogens with zero attached hydrogens (tertiary/aromatic N) is 2. The number of fused-ring (bicyclic) bond motifs is 1. The average molecular weight is 410 g/mol. The van der Waals surface area contributed by atoms with Gasteiger partial charge in [-0.1, -0.05) is 18.2 Å². The van der Waals surface area contributed by atoms with Crippen molar-refractivity contribution in [3.8, 4) is 17.2 Å². The molecule has 1 aromatic heterocycles. The zero-order chi connectivity index (χ0) is 20.2. The van der Waals surface area contributed by atoms with Crippen molar-refractivity contribution in [1.82, 2.24) is 15.1 Å². The number of benzene rings is 2. The maximum atomic E-state index is 12.4. The van der Waals surface area contributed by atoms with E-state index in [0.29, 0.717) is 25.5 Å². The topological polar surface area (TPSA) is 65.4 Å². The standard InChI is InChI=1S/C22H23N3O3S/c1-15-19(16(2)25(24-15)17-6-4-3-5-7-17)13-23-22(26)14-29-18-8-9-20-21(12-18)28-11-10-27-20/h3-9,12H,10-11,13-14H2,1-2H3,(H,23,26). The number of aromatic nitrogens is 2. The highest BCUT2D eigenvalue weighted by atomic mass is 32.2. The van der Waals surface area contributed by atoms with Crippen molar-refractivity contribution in [2.75, 3.05) is 19.0 Å². The van der Waals surface area contributed by atoms with Crippen LogP contribution in [0.15, 0.2) is 53.4 Å². The van der Waals surface area contributed by atoms with Crippen LogP contribution in [0.4, 0.5) is 0 Å². The Morgan fingerprint density at radius 3 is 2.66 bits per heavy atom. The molecule has 1 aliphatic heterocycles. The molecule has 0 radical (unpaired) electrons. The first-order chi connectivity index (χ1) is 14.1. The number of thioether (sulfide) groups is 1. The lowest BCUT2D eigenvalue weighted by atomic mass is 10.2. The van der Waals surface area contributed by atoms with Gasteiger partial charge in [0, 0.05) is 22.7 Å². The zero-order valence-corrected chi connectivity index (χ0v) is 17.3. The van der Waals surface area contributed by atoms with Crippen LogP contribution in [0.5, 0.6) is 11.5 Å². The van der Waals surface area contributed by atoms with E-state index in [1.165, 1.54) is 11.8 Å². The molecule has 2 aromatic carbocycles. The van der Waals surface area contributed by atoms with Gasteiger partial charge < -0.3 is 14.8 Å². The third-order valence-corrected chi connectivity index (χ3v) is 5.78. The van der Waals surface area contributed by atoms with Gasteiger partial charge in [-0.2, -0.15) is 5.10 Å². The van der Waals surface area contributed by atoms with Gasteiger partial charge in [0.2, 0.25) is 5.91 Å². The fraction of sp³-hybridized carbons (Fsp3) is 0.273. The molecule has 2 heterocycles. The number of carbonyl (C=O) groups excluding carboxylic acids is 1. The van der Waals surface area contributed by atoms with Gasteiger partial charge in [-0.3, -0.25) is 4.79 Å². The highest BCUT2D eigenvalue weighted by Gasteiger charge is 2.15. The molecule has 150 valence electrons. The van der Waals surface area contributed by atoms with Gasteiger partial charge in [-0.25, -0.2) is 4.68 Å². The van der Waals surface area contributed by atoms with E-state index >= 15 is 0 Å². The summed E-state index contributed by atoms with van der Waals surface area (Å²) in [6.45, 7) is 5.58. The number of amides is 1. The number of rotatable bonds is 6. The number of hydrogen-bond donors (Lipinski definition) is 1. The molecule has 6 nitrogen and oxygen atoms in total. The summed E-state index contributed by atoms with van der Waals surface area (Å²) >= 11 is 1.48. The van der Waals surface area contributed by atoms with Crippen LogP contribution in [0.1, 0.15) is 17.0 Å². The molecule has 7 heteroatoms. The van der Waals surface area contributed by atoms with Crippen molar-refractivity contribution in [3.63, 3.8) is 0 Å². The van der Waals surface area contributed by atoms with E-state index in [-0.39, 0.29) is 5.91 Å². The number of carbonyl (C=O) groups is 1. The highest BCUT2D eigenvalue weighted by Crippen LogP contribution is 2.34. The van der Waals surface area contributed by atoms with Crippen molar-refractivity contribution in [1.29, 1.82) is 0 Å². The molecule has 0 aliphatic carbocycles. The second kappa shape index (κ2) is 8.61. The first-order valence-electron chi connectivity index (χ1n) is 9.51. The summed E-state index contributed by atoms with van der Waals surface area (Å²) in [7, 11) is 0. The van der Waals surface area contributed by atoms with Crippen molar-refractivity contribution in [2.45, 2.75) is 25.3 Å². The second-order valence-corrected chi connectivity index (χ2v) is 7.82. The number of nitrogens with one attached hydrogen (secondary N) is 1. The van der Waals surface area contributed by atoms with Crippen molar-refractivity contribution >= 4 is 17.7 Å². The number of aryl methyl sites for hydroxylation is 1. The van der Waals surface area contributed by atoms with Crippen LogP contribution in [0, 0.1) is 13.8 Å². The Hall–Kier alpha value is -2.93. The third-order valence-electron chi connectivity index (χ3n) is 4.79. The maximum absolute atomic E-state index is 12.4. The SMILES string of the molecule is Cc1nn(-c2ccccc2)c(C)c1CNC(=O)CSc1ccc2c(c1)OCCO2. The molecule has 1 aliphatic rings. The highest BCUT2D eigenvalue weighted by molar-refractivity contribution is 8.00. The average Bonchev–Trinajstić information content (AvgIpc) is 3.04. The second-order valence-electron chi connectivity index (χ2n) is 6.77. The molecule has 4 rings (SSSR count). The maximum Gasteiger partial charge on any atom is 0.230 e. The first-order valence-corrected chi connectivity index (χ1v) is 10.5. The van der Waals surface area contributed by atoms with Crippen LogP contribution in [0.3, 0.4) is 0 Å². The quantitative estimate of drug-likeness (QED) is 0.630.